The Morgan fingerprint density at radius 2 is 1.76 bits per heavy atom. The molecule has 0 saturated carbocycles. The highest BCUT2D eigenvalue weighted by atomic mass is 15.1. The summed E-state index contributed by atoms with van der Waals surface area (Å²) in [5.41, 5.74) is 3.62. The van der Waals surface area contributed by atoms with Crippen molar-refractivity contribution in [1.82, 2.24) is 9.88 Å². The molecule has 1 fully saturated rings. The van der Waals surface area contributed by atoms with Gasteiger partial charge in [0.1, 0.15) is 0 Å². The van der Waals surface area contributed by atoms with Gasteiger partial charge in [0.15, 0.2) is 0 Å². The van der Waals surface area contributed by atoms with Gasteiger partial charge in [-0.15, -0.1) is 0 Å². The molecule has 0 amide bonds. The van der Waals surface area contributed by atoms with Crippen LogP contribution in [0.15, 0.2) is 48.7 Å². The molecule has 1 aromatic carbocycles. The Kier molecular flexibility index (Phi) is 4.85. The van der Waals surface area contributed by atoms with Crippen molar-refractivity contribution in [1.29, 1.82) is 0 Å². The van der Waals surface area contributed by atoms with Gasteiger partial charge in [-0.2, -0.15) is 0 Å². The number of anilines is 1. The van der Waals surface area contributed by atoms with E-state index in [1.165, 1.54) is 37.9 Å². The Balaban J connectivity index is 1.51. The topological polar surface area (TPSA) is 28.2 Å². The van der Waals surface area contributed by atoms with E-state index in [0.29, 0.717) is 0 Å². The van der Waals surface area contributed by atoms with Gasteiger partial charge in [-0.25, -0.2) is 0 Å². The highest BCUT2D eigenvalue weighted by Gasteiger charge is 2.10. The van der Waals surface area contributed by atoms with Gasteiger partial charge in [-0.1, -0.05) is 24.6 Å². The molecule has 3 heteroatoms. The summed E-state index contributed by atoms with van der Waals surface area (Å²) in [5.74, 6) is 0. The van der Waals surface area contributed by atoms with E-state index < -0.39 is 0 Å². The average Bonchev–Trinajstić information content (AvgIpc) is 2.56. The van der Waals surface area contributed by atoms with Crippen LogP contribution in [0.2, 0.25) is 0 Å². The van der Waals surface area contributed by atoms with E-state index >= 15 is 0 Å². The molecule has 110 valence electrons. The minimum atomic E-state index is 0.770. The molecule has 2 aromatic rings. The summed E-state index contributed by atoms with van der Waals surface area (Å²) in [6, 6.07) is 14.8. The van der Waals surface area contributed by atoms with Crippen LogP contribution in [0.1, 0.15) is 30.5 Å². The van der Waals surface area contributed by atoms with Crippen LogP contribution in [-0.4, -0.2) is 23.0 Å². The van der Waals surface area contributed by atoms with Gasteiger partial charge in [0.2, 0.25) is 0 Å². The number of piperidine rings is 1. The molecule has 0 radical (unpaired) electrons. The summed E-state index contributed by atoms with van der Waals surface area (Å²) in [4.78, 5) is 6.87. The molecule has 2 heterocycles. The highest BCUT2D eigenvalue weighted by molar-refractivity contribution is 5.44. The monoisotopic (exact) mass is 281 g/mol. The van der Waals surface area contributed by atoms with Gasteiger partial charge >= 0.3 is 0 Å². The molecule has 1 aliphatic rings. The van der Waals surface area contributed by atoms with E-state index in [9.17, 15) is 0 Å². The first-order valence-electron chi connectivity index (χ1n) is 7.85. The van der Waals surface area contributed by atoms with Crippen LogP contribution >= 0.6 is 0 Å². The maximum absolute atomic E-state index is 4.32. The predicted molar refractivity (Wildman–Crippen MR) is 87.1 cm³/mol. The number of aromatic nitrogens is 1. The van der Waals surface area contributed by atoms with Crippen LogP contribution in [-0.2, 0) is 13.1 Å². The van der Waals surface area contributed by atoms with Crippen molar-refractivity contribution in [2.24, 2.45) is 0 Å². The molecule has 1 aromatic heterocycles. The first-order chi connectivity index (χ1) is 10.4. The molecule has 3 rings (SSSR count). The Hall–Kier alpha value is -1.87. The number of nitrogens with one attached hydrogen (secondary N) is 1. The second kappa shape index (κ2) is 7.23. The van der Waals surface area contributed by atoms with Crippen LogP contribution < -0.4 is 5.32 Å². The van der Waals surface area contributed by atoms with Crippen LogP contribution in [0.25, 0.3) is 0 Å². The third-order valence-corrected chi connectivity index (χ3v) is 4.01. The van der Waals surface area contributed by atoms with E-state index in [4.69, 9.17) is 0 Å². The lowest BCUT2D eigenvalue weighted by molar-refractivity contribution is 0.221. The van der Waals surface area contributed by atoms with Crippen molar-refractivity contribution in [3.8, 4) is 0 Å². The molecule has 0 spiro atoms. The maximum Gasteiger partial charge on any atom is 0.0594 e. The lowest BCUT2D eigenvalue weighted by atomic mass is 10.1. The summed E-state index contributed by atoms with van der Waals surface area (Å²) < 4.78 is 0. The Morgan fingerprint density at radius 3 is 2.48 bits per heavy atom. The Labute approximate surface area is 127 Å². The smallest absolute Gasteiger partial charge is 0.0594 e. The molecular weight excluding hydrogens is 258 g/mol. The summed E-state index contributed by atoms with van der Waals surface area (Å²) in [6.45, 7) is 4.35. The minimum absolute atomic E-state index is 0.770. The summed E-state index contributed by atoms with van der Waals surface area (Å²) in [7, 11) is 0. The third kappa shape index (κ3) is 4.30. The SMILES string of the molecule is c1ccc(CNc2ccc(CN3CCCCC3)cc2)nc1. The Bertz CT molecular complexity index is 530. The molecule has 1 N–H and O–H groups in total. The zero-order chi connectivity index (χ0) is 14.3. The van der Waals surface area contributed by atoms with E-state index in [1.54, 1.807) is 0 Å². The van der Waals surface area contributed by atoms with Crippen LogP contribution in [0.4, 0.5) is 5.69 Å². The number of rotatable bonds is 5. The van der Waals surface area contributed by atoms with E-state index in [1.807, 2.05) is 24.4 Å². The van der Waals surface area contributed by atoms with Gasteiger partial charge in [0, 0.05) is 18.4 Å². The molecule has 3 nitrogen and oxygen atoms in total. The fraction of sp³-hybridized carbons (Fsp3) is 0.389. The minimum Gasteiger partial charge on any atom is -0.379 e. The largest absolute Gasteiger partial charge is 0.379 e. The van der Waals surface area contributed by atoms with Crippen LogP contribution in [0, 0.1) is 0 Å². The van der Waals surface area contributed by atoms with E-state index in [2.05, 4.69) is 39.5 Å². The lowest BCUT2D eigenvalue weighted by Crippen LogP contribution is -2.29. The molecule has 21 heavy (non-hydrogen) atoms. The lowest BCUT2D eigenvalue weighted by Gasteiger charge is -2.26. The van der Waals surface area contributed by atoms with Crippen LogP contribution in [0.5, 0.6) is 0 Å². The quantitative estimate of drug-likeness (QED) is 0.906. The van der Waals surface area contributed by atoms with Gasteiger partial charge in [0.05, 0.1) is 12.2 Å². The van der Waals surface area contributed by atoms with E-state index in [0.717, 1.165) is 24.5 Å². The predicted octanol–water partition coefficient (Wildman–Crippen LogP) is 3.68. The number of hydrogen-bond donors (Lipinski definition) is 1. The normalized spacial score (nSPS) is 15.8. The highest BCUT2D eigenvalue weighted by Crippen LogP contribution is 2.15. The number of likely N-dealkylation sites (tertiary alicyclic amines) is 1. The molecule has 1 saturated heterocycles. The second-order valence-electron chi connectivity index (χ2n) is 5.71. The zero-order valence-electron chi connectivity index (χ0n) is 12.5. The summed E-state index contributed by atoms with van der Waals surface area (Å²) in [5, 5.41) is 3.42. The fourth-order valence-corrected chi connectivity index (χ4v) is 2.80. The number of hydrogen-bond acceptors (Lipinski definition) is 3. The first-order valence-corrected chi connectivity index (χ1v) is 7.85. The fourth-order valence-electron chi connectivity index (χ4n) is 2.80. The first kappa shape index (κ1) is 14.1. The van der Waals surface area contributed by atoms with Crippen molar-refractivity contribution in [3.05, 3.63) is 59.9 Å². The number of pyridine rings is 1. The van der Waals surface area contributed by atoms with Gasteiger partial charge in [-0.3, -0.25) is 9.88 Å². The standard InChI is InChI=1S/C18H23N3/c1-4-12-21(13-5-1)15-16-7-9-17(10-8-16)20-14-18-6-2-3-11-19-18/h2-3,6-11,20H,1,4-5,12-15H2. The maximum atomic E-state index is 4.32. The number of benzene rings is 1. The molecule has 0 unspecified atom stereocenters. The average molecular weight is 281 g/mol. The van der Waals surface area contributed by atoms with Crippen molar-refractivity contribution < 1.29 is 0 Å². The third-order valence-electron chi connectivity index (χ3n) is 4.01. The Morgan fingerprint density at radius 1 is 0.952 bits per heavy atom. The molecule has 0 bridgehead atoms. The van der Waals surface area contributed by atoms with Gasteiger partial charge in [-0.05, 0) is 55.8 Å². The molecule has 1 aliphatic heterocycles. The molecular formula is C18H23N3. The van der Waals surface area contributed by atoms with Crippen molar-refractivity contribution >= 4 is 5.69 Å². The van der Waals surface area contributed by atoms with Crippen molar-refractivity contribution in [2.75, 3.05) is 18.4 Å². The second-order valence-corrected chi connectivity index (χ2v) is 5.71. The summed E-state index contributed by atoms with van der Waals surface area (Å²) >= 11 is 0. The van der Waals surface area contributed by atoms with Gasteiger partial charge in [0.25, 0.3) is 0 Å². The van der Waals surface area contributed by atoms with Crippen LogP contribution in [0.3, 0.4) is 0 Å². The summed E-state index contributed by atoms with van der Waals surface area (Å²) in [6.07, 6.45) is 5.93. The van der Waals surface area contributed by atoms with E-state index in [-0.39, 0.29) is 0 Å². The zero-order valence-corrected chi connectivity index (χ0v) is 12.5. The molecule has 0 aliphatic carbocycles. The van der Waals surface area contributed by atoms with Crippen molar-refractivity contribution in [2.45, 2.75) is 32.4 Å². The molecule has 0 atom stereocenters. The van der Waals surface area contributed by atoms with Crippen molar-refractivity contribution in [3.63, 3.8) is 0 Å². The van der Waals surface area contributed by atoms with Gasteiger partial charge < -0.3 is 5.32 Å². The number of nitrogens with zero attached hydrogens (tertiary/aromatic N) is 2.